The first kappa shape index (κ1) is 30.2. The molecule has 226 valence electrons. The van der Waals surface area contributed by atoms with Crippen molar-refractivity contribution in [2.24, 2.45) is 11.8 Å². The Morgan fingerprint density at radius 1 is 1.21 bits per heavy atom. The Morgan fingerprint density at radius 2 is 1.90 bits per heavy atom. The molecule has 2 aliphatic rings. The summed E-state index contributed by atoms with van der Waals surface area (Å²) in [7, 11) is 0. The van der Waals surface area contributed by atoms with Crippen molar-refractivity contribution in [1.29, 1.82) is 0 Å². The molecule has 0 unspecified atom stereocenters. The minimum atomic E-state index is -1.01. The molecular formula is C28H36BrN7O5S. The van der Waals surface area contributed by atoms with Crippen LogP contribution in [0.5, 0.6) is 11.5 Å². The van der Waals surface area contributed by atoms with Crippen LogP contribution in [0.4, 0.5) is 10.6 Å². The lowest BCUT2D eigenvalue weighted by atomic mass is 9.92. The maximum absolute atomic E-state index is 13.2. The lowest BCUT2D eigenvalue weighted by Gasteiger charge is -2.37. The van der Waals surface area contributed by atoms with Crippen LogP contribution in [0.2, 0.25) is 0 Å². The highest BCUT2D eigenvalue weighted by Gasteiger charge is 2.32. The molecule has 0 spiro atoms. The van der Waals surface area contributed by atoms with Crippen molar-refractivity contribution in [3.05, 3.63) is 22.9 Å². The molecule has 2 amide bonds. The van der Waals surface area contributed by atoms with Crippen LogP contribution in [0.25, 0.3) is 11.2 Å². The van der Waals surface area contributed by atoms with E-state index < -0.39 is 17.6 Å². The number of rotatable bonds is 8. The van der Waals surface area contributed by atoms with E-state index in [0.717, 1.165) is 33.8 Å². The first-order valence-corrected chi connectivity index (χ1v) is 15.6. The summed E-state index contributed by atoms with van der Waals surface area (Å²) in [5, 5.41) is 10.4. The Hall–Kier alpha value is -3.26. The zero-order valence-corrected chi connectivity index (χ0v) is 26.6. The van der Waals surface area contributed by atoms with Crippen LogP contribution in [-0.4, -0.2) is 78.4 Å². The van der Waals surface area contributed by atoms with Gasteiger partial charge in [0.1, 0.15) is 6.33 Å². The van der Waals surface area contributed by atoms with Gasteiger partial charge in [-0.2, -0.15) is 0 Å². The number of hydrogen-bond donors (Lipinski definition) is 2. The molecule has 0 aliphatic carbocycles. The van der Waals surface area contributed by atoms with E-state index in [1.54, 1.807) is 0 Å². The third kappa shape index (κ3) is 6.38. The minimum absolute atomic E-state index is 0.00437. The lowest BCUT2D eigenvalue weighted by molar-refractivity contribution is -0.137. The highest BCUT2D eigenvalue weighted by Crippen LogP contribution is 2.43. The van der Waals surface area contributed by atoms with Gasteiger partial charge in [-0.25, -0.2) is 19.7 Å². The number of hydrogen-bond acceptors (Lipinski definition) is 9. The number of anilines is 1. The van der Waals surface area contributed by atoms with E-state index >= 15 is 0 Å². The molecule has 4 heterocycles. The van der Waals surface area contributed by atoms with Crippen LogP contribution in [0, 0.1) is 11.8 Å². The van der Waals surface area contributed by atoms with E-state index in [1.807, 2.05) is 44.7 Å². The van der Waals surface area contributed by atoms with Crippen LogP contribution >= 0.6 is 27.7 Å². The highest BCUT2D eigenvalue weighted by molar-refractivity contribution is 9.10. The topological polar surface area (TPSA) is 149 Å². The molecule has 42 heavy (non-hydrogen) atoms. The van der Waals surface area contributed by atoms with E-state index in [0.29, 0.717) is 54.0 Å². The number of nitrogens with two attached hydrogens (primary N) is 1. The molecular weight excluding hydrogens is 626 g/mol. The predicted octanol–water partition coefficient (Wildman–Crippen LogP) is 5.09. The fourth-order valence-electron chi connectivity index (χ4n) is 5.34. The molecule has 1 saturated heterocycles. The molecule has 0 bridgehead atoms. The number of ether oxygens (including phenoxy) is 2. The summed E-state index contributed by atoms with van der Waals surface area (Å²) in [5.41, 5.74) is 6.84. The van der Waals surface area contributed by atoms with Gasteiger partial charge in [-0.05, 0) is 74.0 Å². The van der Waals surface area contributed by atoms with E-state index in [2.05, 4.69) is 30.5 Å². The number of amides is 2. The zero-order chi connectivity index (χ0) is 30.2. The smallest absolute Gasteiger partial charge is 0.407 e. The summed E-state index contributed by atoms with van der Waals surface area (Å²) < 4.78 is 14.0. The summed E-state index contributed by atoms with van der Waals surface area (Å²) in [6.45, 7) is 9.70. The van der Waals surface area contributed by atoms with Crippen LogP contribution in [0.1, 0.15) is 47.0 Å². The number of halogens is 1. The Morgan fingerprint density at radius 3 is 2.57 bits per heavy atom. The summed E-state index contributed by atoms with van der Waals surface area (Å²) in [4.78, 5) is 42.5. The van der Waals surface area contributed by atoms with Crippen molar-refractivity contribution >= 4 is 56.7 Å². The molecule has 1 aromatic carbocycles. The molecule has 2 aromatic heterocycles. The number of nitrogen functional groups attached to an aromatic ring is 1. The molecule has 3 N–H and O–H groups in total. The number of nitrogens with zero attached hydrogens (tertiary/aromatic N) is 6. The van der Waals surface area contributed by atoms with Gasteiger partial charge in [-0.1, -0.05) is 18.7 Å². The fraction of sp³-hybridized carbons (Fsp3) is 0.536. The van der Waals surface area contributed by atoms with Gasteiger partial charge in [0.05, 0.1) is 5.92 Å². The van der Waals surface area contributed by atoms with E-state index in [9.17, 15) is 14.7 Å². The van der Waals surface area contributed by atoms with Crippen LogP contribution in [0.3, 0.4) is 0 Å². The largest absolute Gasteiger partial charge is 0.465 e. The van der Waals surface area contributed by atoms with Crippen LogP contribution in [0.15, 0.2) is 33.0 Å². The number of aryl methyl sites for hydroxylation is 1. The molecule has 5 rings (SSSR count). The van der Waals surface area contributed by atoms with Gasteiger partial charge in [0.15, 0.2) is 33.6 Å². The standard InChI is InChI=1S/C28H36BrN7O5S/c1-16(13-36(27(38)39)28(2,3)4)25(37)34-8-5-17(6-9-34)7-10-35-24-22(23(30)31-14-32-24)33-26(35)42-21-12-20-19(11-18(21)29)40-15-41-20/h11-12,14,16-17H,5-10,13,15H2,1-4H3,(H,38,39)(H2,30,31,32)/t16-/m1/s1. The van der Waals surface area contributed by atoms with Crippen LogP contribution in [-0.2, 0) is 11.3 Å². The zero-order valence-electron chi connectivity index (χ0n) is 24.2. The number of imidazole rings is 1. The normalized spacial score (nSPS) is 16.2. The number of fused-ring (bicyclic) bond motifs is 2. The minimum Gasteiger partial charge on any atom is -0.465 e. The van der Waals surface area contributed by atoms with Crippen molar-refractivity contribution < 1.29 is 24.2 Å². The summed E-state index contributed by atoms with van der Waals surface area (Å²) in [5.74, 6) is 1.73. The Kier molecular flexibility index (Phi) is 8.74. The van der Waals surface area contributed by atoms with Crippen molar-refractivity contribution in [1.82, 2.24) is 29.3 Å². The fourth-order valence-corrected chi connectivity index (χ4v) is 6.85. The summed E-state index contributed by atoms with van der Waals surface area (Å²) >= 11 is 5.13. The number of benzene rings is 1. The first-order chi connectivity index (χ1) is 19.9. The van der Waals surface area contributed by atoms with Crippen molar-refractivity contribution in [3.8, 4) is 11.5 Å². The summed E-state index contributed by atoms with van der Waals surface area (Å²) in [6.07, 6.45) is 3.08. The average Bonchev–Trinajstić information content (AvgIpc) is 3.54. The maximum Gasteiger partial charge on any atom is 0.407 e. The second-order valence-corrected chi connectivity index (χ2v) is 13.6. The molecule has 1 atom stereocenters. The SMILES string of the molecule is C[C@H](CN(C(=O)O)C(C)(C)C)C(=O)N1CCC(CCn2c(Sc3cc4c(cc3Br)OCO4)nc3c(N)ncnc32)CC1. The van der Waals surface area contributed by atoms with Gasteiger partial charge < -0.3 is 34.7 Å². The van der Waals surface area contributed by atoms with Gasteiger partial charge in [-0.15, -0.1) is 0 Å². The summed E-state index contributed by atoms with van der Waals surface area (Å²) in [6, 6.07) is 3.82. The molecule has 1 fully saturated rings. The maximum atomic E-state index is 13.2. The second kappa shape index (κ2) is 12.2. The lowest BCUT2D eigenvalue weighted by Crippen LogP contribution is -2.50. The third-order valence-electron chi connectivity index (χ3n) is 7.76. The molecule has 0 saturated carbocycles. The molecule has 3 aromatic rings. The van der Waals surface area contributed by atoms with Gasteiger partial charge in [0.2, 0.25) is 12.7 Å². The number of carboxylic acid groups (broad SMARTS) is 1. The Labute approximate surface area is 257 Å². The number of carbonyl (C=O) groups is 2. The molecule has 0 radical (unpaired) electrons. The Bertz CT molecular complexity index is 1490. The highest BCUT2D eigenvalue weighted by atomic mass is 79.9. The molecule has 12 nitrogen and oxygen atoms in total. The monoisotopic (exact) mass is 661 g/mol. The van der Waals surface area contributed by atoms with Crippen molar-refractivity contribution in [3.63, 3.8) is 0 Å². The number of piperidine rings is 1. The first-order valence-electron chi connectivity index (χ1n) is 14.0. The molecule has 14 heteroatoms. The van der Waals surface area contributed by atoms with E-state index in [4.69, 9.17) is 20.2 Å². The quantitative estimate of drug-likeness (QED) is 0.334. The molecule has 2 aliphatic heterocycles. The number of likely N-dealkylation sites (tertiary alicyclic amines) is 1. The number of aromatic nitrogens is 4. The average molecular weight is 663 g/mol. The Balaban J connectivity index is 1.24. The van der Waals surface area contributed by atoms with E-state index in [-0.39, 0.29) is 19.2 Å². The second-order valence-electron chi connectivity index (χ2n) is 11.7. The van der Waals surface area contributed by atoms with Gasteiger partial charge >= 0.3 is 6.09 Å². The van der Waals surface area contributed by atoms with Crippen molar-refractivity contribution in [2.45, 2.75) is 69.1 Å². The van der Waals surface area contributed by atoms with Gasteiger partial charge in [0.25, 0.3) is 0 Å². The van der Waals surface area contributed by atoms with Gasteiger partial charge in [0, 0.05) is 41.1 Å². The predicted molar refractivity (Wildman–Crippen MR) is 162 cm³/mol. The van der Waals surface area contributed by atoms with E-state index in [1.165, 1.54) is 23.0 Å². The van der Waals surface area contributed by atoms with Crippen LogP contribution < -0.4 is 15.2 Å². The third-order valence-corrected chi connectivity index (χ3v) is 9.73. The number of carbonyl (C=O) groups excluding carboxylic acids is 1. The van der Waals surface area contributed by atoms with Crippen molar-refractivity contribution in [2.75, 3.05) is 32.2 Å². The van der Waals surface area contributed by atoms with Gasteiger partial charge in [-0.3, -0.25) is 4.79 Å².